The third kappa shape index (κ3) is 13.9. The molecular weight excluding hydrogens is 1020 g/mol. The highest BCUT2D eigenvalue weighted by atomic mass is 16.6. The highest BCUT2D eigenvalue weighted by Gasteiger charge is 2.44. The first kappa shape index (κ1) is 49.6. The van der Waals surface area contributed by atoms with Crippen LogP contribution in [0, 0.1) is 23.7 Å². The minimum absolute atomic E-state index is 0.0149. The molecule has 1 aliphatic rings. The first-order chi connectivity index (χ1) is 40.8. The molecule has 19 nitrogen and oxygen atoms in total. The molecule has 0 aliphatic carbocycles. The molecular formula is C62H64N12O7. The van der Waals surface area contributed by atoms with Gasteiger partial charge in [0.25, 0.3) is 0 Å². The Morgan fingerprint density at radius 3 is 1.81 bits per heavy atom. The Labute approximate surface area is 478 Å². The van der Waals surface area contributed by atoms with Crippen molar-refractivity contribution in [1.82, 2.24) is 49.4 Å². The lowest BCUT2D eigenvalue weighted by Gasteiger charge is -2.43. The molecule has 0 spiro atoms. The van der Waals surface area contributed by atoms with Gasteiger partial charge in [-0.2, -0.15) is 10.2 Å². The minimum Gasteiger partial charge on any atom is -0.497 e. The maximum Gasteiger partial charge on any atom is 0.410 e. The molecule has 81 heavy (non-hydrogen) atoms. The second-order valence-electron chi connectivity index (χ2n) is 20.1. The van der Waals surface area contributed by atoms with Crippen LogP contribution in [0.5, 0.6) is 23.0 Å². The van der Waals surface area contributed by atoms with Crippen LogP contribution in [0.15, 0.2) is 135 Å². The van der Waals surface area contributed by atoms with Gasteiger partial charge in [-0.05, 0) is 90.1 Å². The summed E-state index contributed by atoms with van der Waals surface area (Å²) in [6.45, 7) is 9.28. The Balaban J connectivity index is 0.000000206. The van der Waals surface area contributed by atoms with Gasteiger partial charge < -0.3 is 43.5 Å². The number of carbonyl (C=O) groups is 1. The van der Waals surface area contributed by atoms with Gasteiger partial charge in [0.15, 0.2) is 5.60 Å². The summed E-state index contributed by atoms with van der Waals surface area (Å²) in [5.41, 5.74) is 7.41. The number of rotatable bonds is 14. The molecule has 1 saturated heterocycles. The number of hydrogen-bond donors (Lipinski definition) is 1. The van der Waals surface area contributed by atoms with Crippen LogP contribution in [0.4, 0.5) is 27.5 Å². The van der Waals surface area contributed by atoms with Crippen molar-refractivity contribution in [1.29, 1.82) is 0 Å². The molecule has 0 radical (unpaired) electrons. The maximum absolute atomic E-state index is 12.3. The summed E-state index contributed by atoms with van der Waals surface area (Å²) in [6, 6.07) is 25.2. The molecule has 9 aromatic rings. The predicted octanol–water partition coefficient (Wildman–Crippen LogP) is 10.2. The van der Waals surface area contributed by atoms with Crippen LogP contribution >= 0.6 is 0 Å². The first-order valence-corrected chi connectivity index (χ1v) is 25.8. The van der Waals surface area contributed by atoms with Gasteiger partial charge in [-0.25, -0.2) is 14.8 Å². The number of benzene rings is 4. The average Bonchev–Trinajstić information content (AvgIpc) is 1.25. The molecule has 0 bridgehead atoms. The highest BCUT2D eigenvalue weighted by Crippen LogP contribution is 2.36. The number of β-amino-alcohol motifs (C(OH)–C–C–N with tert-alkyl or cyclic N) is 1. The summed E-state index contributed by atoms with van der Waals surface area (Å²) in [5, 5.41) is 19.6. The number of amides is 1. The summed E-state index contributed by atoms with van der Waals surface area (Å²) in [6.07, 6.45) is 13.6. The fraction of sp³-hybridized carbons (Fsp3) is 0.290. The topological polar surface area (TPSA) is 193 Å². The Kier molecular flexibility index (Phi) is 15.0. The van der Waals surface area contributed by atoms with E-state index in [1.165, 1.54) is 17.9 Å². The number of fused-ring (bicyclic) bond motifs is 2. The van der Waals surface area contributed by atoms with Crippen LogP contribution in [0.2, 0.25) is 0 Å². The molecule has 0 unspecified atom stereocenters. The van der Waals surface area contributed by atoms with Crippen molar-refractivity contribution in [3.63, 3.8) is 0 Å². The number of aliphatic hydroxyl groups is 1. The zero-order valence-corrected chi connectivity index (χ0v) is 46.4. The van der Waals surface area contributed by atoms with E-state index < -0.39 is 30.9 Å². The second kappa shape index (κ2) is 24.5. The number of aromatic nitrogens is 9. The Bertz CT molecular complexity index is 3970. The van der Waals surface area contributed by atoms with Gasteiger partial charge in [-0.3, -0.25) is 24.3 Å². The summed E-state index contributed by atoms with van der Waals surface area (Å²) in [5.74, 6) is 13.7. The van der Waals surface area contributed by atoms with Crippen LogP contribution in [-0.2, 0) is 11.8 Å². The lowest BCUT2D eigenvalue weighted by molar-refractivity contribution is -0.0638. The quantitative estimate of drug-likeness (QED) is 0.101. The summed E-state index contributed by atoms with van der Waals surface area (Å²) >= 11 is 0. The van der Waals surface area contributed by atoms with E-state index in [0.717, 1.165) is 33.6 Å². The fourth-order valence-corrected chi connectivity index (χ4v) is 8.54. The smallest absolute Gasteiger partial charge is 0.410 e. The summed E-state index contributed by atoms with van der Waals surface area (Å²) < 4.78 is 69.3. The van der Waals surface area contributed by atoms with Crippen molar-refractivity contribution in [2.75, 3.05) is 63.8 Å². The fourth-order valence-electron chi connectivity index (χ4n) is 8.54. The van der Waals surface area contributed by atoms with Crippen molar-refractivity contribution in [2.24, 2.45) is 7.05 Å². The van der Waals surface area contributed by atoms with Gasteiger partial charge in [0, 0.05) is 114 Å². The van der Waals surface area contributed by atoms with Crippen LogP contribution in [0.25, 0.3) is 44.6 Å². The van der Waals surface area contributed by atoms with E-state index in [4.69, 9.17) is 40.5 Å². The van der Waals surface area contributed by atoms with E-state index in [0.29, 0.717) is 50.8 Å². The highest BCUT2D eigenvalue weighted by molar-refractivity contribution is 5.84. The summed E-state index contributed by atoms with van der Waals surface area (Å²) in [7, 11) is 2.31. The minimum atomic E-state index is -2.73. The van der Waals surface area contributed by atoms with Crippen LogP contribution in [-0.4, -0.2) is 126 Å². The zero-order valence-electron chi connectivity index (χ0n) is 51.4. The Morgan fingerprint density at radius 2 is 1.28 bits per heavy atom. The molecule has 1 aliphatic heterocycles. The summed E-state index contributed by atoms with van der Waals surface area (Å²) in [4.78, 5) is 40.5. The number of hydrogen-bond acceptors (Lipinski definition) is 16. The molecule has 1 amide bonds. The number of ether oxygens (including phenoxy) is 5. The number of likely N-dealkylation sites (tertiary alicyclic amines) is 1. The molecule has 414 valence electrons. The number of pyridine rings is 1. The standard InChI is InChI=1S/C31H34N6O5.C31H30N6O2/c1-30(2,3)42-29(38)36-19-31(39,20-36)10-7-11-37(23-12-24(40-5)15-25(13-23)41-6)22-8-9-26-27(14-22)34-28(17-32-26)21-16-33-35(4)18-21;1-5-39-28-16-26(15-27(18-28)38-4)36(14-6-7-23-10-12-32-13-11-23)25-8-9-29-30(17-25)35-31(20-33-29)24-19-34-37(21-24)22(2)3/h8-9,12-18,39H,11,19-20H2,1-6H3;8-13,15-22H,5,14H2,1-4H3/i;4D3,5D2. The lowest BCUT2D eigenvalue weighted by atomic mass is 9.95. The Hall–Kier alpha value is -9.72. The molecule has 19 heteroatoms. The van der Waals surface area contributed by atoms with Gasteiger partial charge in [0.05, 0.1) is 119 Å². The van der Waals surface area contributed by atoms with E-state index in [1.807, 2.05) is 96.3 Å². The molecule has 1 N–H and O–H groups in total. The zero-order chi connectivity index (χ0) is 61.6. The lowest BCUT2D eigenvalue weighted by Crippen LogP contribution is -2.63. The molecule has 0 atom stereocenters. The molecule has 1 fully saturated rings. The monoisotopic (exact) mass is 1090 g/mol. The van der Waals surface area contributed by atoms with Crippen molar-refractivity contribution >= 4 is 50.9 Å². The van der Waals surface area contributed by atoms with Gasteiger partial charge in [-0.1, -0.05) is 23.7 Å². The van der Waals surface area contributed by atoms with E-state index in [9.17, 15) is 9.90 Å². The first-order valence-electron chi connectivity index (χ1n) is 28.3. The predicted molar refractivity (Wildman–Crippen MR) is 312 cm³/mol. The maximum atomic E-state index is 12.3. The third-order valence-electron chi connectivity index (χ3n) is 12.5. The largest absolute Gasteiger partial charge is 0.497 e. The van der Waals surface area contributed by atoms with E-state index in [2.05, 4.69) is 48.8 Å². The van der Waals surface area contributed by atoms with E-state index in [-0.39, 0.29) is 43.7 Å². The van der Waals surface area contributed by atoms with E-state index in [1.54, 1.807) is 107 Å². The number of anilines is 4. The van der Waals surface area contributed by atoms with Crippen molar-refractivity contribution in [3.8, 4) is 69.2 Å². The van der Waals surface area contributed by atoms with Gasteiger partial charge >= 0.3 is 6.09 Å². The van der Waals surface area contributed by atoms with Gasteiger partial charge in [0.2, 0.25) is 0 Å². The number of aryl methyl sites for hydroxylation is 1. The van der Waals surface area contributed by atoms with Crippen molar-refractivity contribution in [3.05, 3.63) is 140 Å². The Morgan fingerprint density at radius 1 is 0.728 bits per heavy atom. The molecule has 4 aromatic carbocycles. The van der Waals surface area contributed by atoms with Crippen LogP contribution in [0.1, 0.15) is 60.0 Å². The third-order valence-corrected chi connectivity index (χ3v) is 12.5. The SMILES string of the molecule is COc1cc(OC)cc(N(CC#CC2(O)CN(C(=O)OC(C)(C)C)C2)c2ccc3ncc(-c4cnn(C)c4)nc3c2)c1.[2H]C([2H])([2H])Oc1cc(OC([2H])([2H])C)cc(N(CC#Cc2ccncc2)c2ccc3ncc(-c4cnn(C(C)C)c4)nc3c2)c1. The normalized spacial score (nSPS) is 13.7. The van der Waals surface area contributed by atoms with Gasteiger partial charge in [0.1, 0.15) is 28.6 Å². The number of nitrogens with zero attached hydrogens (tertiary/aromatic N) is 12. The van der Waals surface area contributed by atoms with Gasteiger partial charge in [-0.15, -0.1) is 0 Å². The van der Waals surface area contributed by atoms with Crippen molar-refractivity contribution in [2.45, 2.75) is 58.8 Å². The molecule has 6 heterocycles. The number of methoxy groups -OCH3 is 3. The van der Waals surface area contributed by atoms with Crippen LogP contribution in [0.3, 0.4) is 0 Å². The van der Waals surface area contributed by atoms with E-state index >= 15 is 0 Å². The van der Waals surface area contributed by atoms with Crippen molar-refractivity contribution < 1.29 is 40.4 Å². The number of carbonyl (C=O) groups excluding carboxylic acids is 1. The van der Waals surface area contributed by atoms with Crippen LogP contribution < -0.4 is 28.7 Å². The average molecular weight is 1090 g/mol. The molecule has 0 saturated carbocycles. The molecule has 10 rings (SSSR count). The second-order valence-corrected chi connectivity index (χ2v) is 20.1. The molecule has 5 aromatic heterocycles.